The number of hydrogen-bond acceptors (Lipinski definition) is 2. The van der Waals surface area contributed by atoms with Gasteiger partial charge in [0.15, 0.2) is 0 Å². The molecule has 0 bridgehead atoms. The molecule has 1 aliphatic heterocycles. The zero-order valence-corrected chi connectivity index (χ0v) is 10.4. The first kappa shape index (κ1) is 12.3. The first-order valence-corrected chi connectivity index (χ1v) is 6.45. The third-order valence-electron chi connectivity index (χ3n) is 3.31. The molecular formula is C15H20O2. The number of carbonyl (C=O) groups is 1. The molecular weight excluding hydrogens is 212 g/mol. The van der Waals surface area contributed by atoms with Gasteiger partial charge in [-0.1, -0.05) is 30.3 Å². The Kier molecular flexibility index (Phi) is 4.32. The quantitative estimate of drug-likeness (QED) is 0.779. The Labute approximate surface area is 103 Å². The lowest BCUT2D eigenvalue weighted by Crippen LogP contribution is -2.11. The Morgan fingerprint density at radius 3 is 2.71 bits per heavy atom. The Morgan fingerprint density at radius 2 is 2.06 bits per heavy atom. The summed E-state index contributed by atoms with van der Waals surface area (Å²) < 4.78 is 5.71. The highest BCUT2D eigenvalue weighted by Gasteiger charge is 2.22. The van der Waals surface area contributed by atoms with E-state index in [0.717, 1.165) is 24.8 Å². The molecule has 2 nitrogen and oxygen atoms in total. The third-order valence-corrected chi connectivity index (χ3v) is 3.31. The van der Waals surface area contributed by atoms with E-state index in [1.807, 2.05) is 30.3 Å². The van der Waals surface area contributed by atoms with E-state index in [1.165, 1.54) is 0 Å². The van der Waals surface area contributed by atoms with E-state index in [-0.39, 0.29) is 0 Å². The smallest absolute Gasteiger partial charge is 0.137 e. The first-order chi connectivity index (χ1) is 8.24. The molecule has 2 heteroatoms. The fourth-order valence-electron chi connectivity index (χ4n) is 2.33. The molecule has 0 aliphatic carbocycles. The molecule has 1 heterocycles. The molecule has 2 atom stereocenters. The number of Topliss-reactive ketones (excluding diaryl/α,β-unsaturated/α-hetero) is 1. The fraction of sp³-hybridized carbons (Fsp3) is 0.533. The first-order valence-electron chi connectivity index (χ1n) is 6.45. The predicted molar refractivity (Wildman–Crippen MR) is 68.0 cm³/mol. The van der Waals surface area contributed by atoms with Crippen molar-refractivity contribution >= 4 is 5.78 Å². The summed E-state index contributed by atoms with van der Waals surface area (Å²) in [6.45, 7) is 2.10. The average Bonchev–Trinajstić information content (AvgIpc) is 2.74. The maximum absolute atomic E-state index is 11.8. The van der Waals surface area contributed by atoms with Crippen molar-refractivity contribution < 1.29 is 9.53 Å². The fourth-order valence-corrected chi connectivity index (χ4v) is 2.33. The van der Waals surface area contributed by atoms with Gasteiger partial charge in [0.2, 0.25) is 0 Å². The second-order valence-electron chi connectivity index (χ2n) is 4.89. The highest BCUT2D eigenvalue weighted by atomic mass is 16.5. The van der Waals surface area contributed by atoms with Crippen LogP contribution in [0.4, 0.5) is 0 Å². The molecule has 17 heavy (non-hydrogen) atoms. The van der Waals surface area contributed by atoms with Gasteiger partial charge in [-0.2, -0.15) is 0 Å². The topological polar surface area (TPSA) is 26.3 Å². The molecule has 2 unspecified atom stereocenters. The van der Waals surface area contributed by atoms with Gasteiger partial charge < -0.3 is 4.74 Å². The molecule has 1 aromatic rings. The molecule has 0 saturated carbocycles. The van der Waals surface area contributed by atoms with Crippen molar-refractivity contribution in [3.63, 3.8) is 0 Å². The Bertz CT molecular complexity index is 358. The van der Waals surface area contributed by atoms with Gasteiger partial charge in [-0.3, -0.25) is 4.79 Å². The summed E-state index contributed by atoms with van der Waals surface area (Å²) in [5.41, 5.74) is 1.11. The molecule has 92 valence electrons. The van der Waals surface area contributed by atoms with E-state index in [2.05, 4.69) is 6.92 Å². The zero-order valence-electron chi connectivity index (χ0n) is 10.4. The second-order valence-corrected chi connectivity index (χ2v) is 4.89. The molecule has 1 aliphatic rings. The maximum atomic E-state index is 11.8. The number of rotatable bonds is 5. The van der Waals surface area contributed by atoms with Crippen molar-refractivity contribution in [1.29, 1.82) is 0 Å². The normalized spacial score (nSPS) is 23.8. The monoisotopic (exact) mass is 232 g/mol. The second kappa shape index (κ2) is 5.97. The van der Waals surface area contributed by atoms with E-state index in [4.69, 9.17) is 4.74 Å². The molecule has 1 aromatic carbocycles. The van der Waals surface area contributed by atoms with Gasteiger partial charge in [0.25, 0.3) is 0 Å². The van der Waals surface area contributed by atoms with Crippen molar-refractivity contribution in [1.82, 2.24) is 0 Å². The van der Waals surface area contributed by atoms with Gasteiger partial charge in [-0.05, 0) is 31.7 Å². The molecule has 0 N–H and O–H groups in total. The van der Waals surface area contributed by atoms with Crippen LogP contribution in [0.3, 0.4) is 0 Å². The van der Waals surface area contributed by atoms with Gasteiger partial charge in [-0.15, -0.1) is 0 Å². The van der Waals surface area contributed by atoms with Crippen LogP contribution in [0.25, 0.3) is 0 Å². The highest BCUT2D eigenvalue weighted by molar-refractivity contribution is 5.80. The number of hydrogen-bond donors (Lipinski definition) is 0. The van der Waals surface area contributed by atoms with Gasteiger partial charge in [0.05, 0.1) is 12.2 Å². The number of ketones is 1. The maximum Gasteiger partial charge on any atom is 0.137 e. The highest BCUT2D eigenvalue weighted by Crippen LogP contribution is 2.22. The van der Waals surface area contributed by atoms with Crippen molar-refractivity contribution in [2.75, 3.05) is 0 Å². The van der Waals surface area contributed by atoms with Crippen molar-refractivity contribution in [3.05, 3.63) is 35.9 Å². The van der Waals surface area contributed by atoms with E-state index in [1.54, 1.807) is 0 Å². The lowest BCUT2D eigenvalue weighted by molar-refractivity contribution is -0.119. The Balaban J connectivity index is 1.71. The van der Waals surface area contributed by atoms with Crippen LogP contribution in [-0.2, 0) is 16.0 Å². The predicted octanol–water partition coefficient (Wildman–Crippen LogP) is 3.15. The van der Waals surface area contributed by atoms with Crippen LogP contribution in [0.1, 0.15) is 38.2 Å². The Morgan fingerprint density at radius 1 is 1.29 bits per heavy atom. The standard InChI is InChI=1S/C15H20O2/c1-12-7-9-15(17-12)10-8-14(16)11-13-5-3-2-4-6-13/h2-6,12,15H,7-11H2,1H3. The van der Waals surface area contributed by atoms with E-state index < -0.39 is 0 Å². The summed E-state index contributed by atoms with van der Waals surface area (Å²) >= 11 is 0. The summed E-state index contributed by atoms with van der Waals surface area (Å²) in [4.78, 5) is 11.8. The van der Waals surface area contributed by atoms with E-state index >= 15 is 0 Å². The van der Waals surface area contributed by atoms with Crippen LogP contribution in [0.15, 0.2) is 30.3 Å². The summed E-state index contributed by atoms with van der Waals surface area (Å²) in [7, 11) is 0. The Hall–Kier alpha value is -1.15. The number of ether oxygens (including phenoxy) is 1. The summed E-state index contributed by atoms with van der Waals surface area (Å²) in [5.74, 6) is 0.319. The van der Waals surface area contributed by atoms with E-state index in [0.29, 0.717) is 30.8 Å². The number of carbonyl (C=O) groups excluding carboxylic acids is 1. The van der Waals surface area contributed by atoms with Crippen molar-refractivity contribution in [2.24, 2.45) is 0 Å². The average molecular weight is 232 g/mol. The molecule has 0 spiro atoms. The molecule has 2 rings (SSSR count). The minimum absolute atomic E-state index is 0.310. The van der Waals surface area contributed by atoms with Crippen LogP contribution in [0.2, 0.25) is 0 Å². The molecule has 0 amide bonds. The summed E-state index contributed by atoms with van der Waals surface area (Å²) in [5, 5.41) is 0. The van der Waals surface area contributed by atoms with Crippen LogP contribution in [0, 0.1) is 0 Å². The van der Waals surface area contributed by atoms with Gasteiger partial charge in [0, 0.05) is 12.8 Å². The lowest BCUT2D eigenvalue weighted by atomic mass is 10.0. The van der Waals surface area contributed by atoms with Crippen molar-refractivity contribution in [3.8, 4) is 0 Å². The zero-order chi connectivity index (χ0) is 12.1. The summed E-state index contributed by atoms with van der Waals surface area (Å²) in [6.07, 6.45) is 5.02. The van der Waals surface area contributed by atoms with Gasteiger partial charge in [0.1, 0.15) is 5.78 Å². The van der Waals surface area contributed by atoms with Gasteiger partial charge in [-0.25, -0.2) is 0 Å². The van der Waals surface area contributed by atoms with Crippen LogP contribution >= 0.6 is 0 Å². The number of benzene rings is 1. The lowest BCUT2D eigenvalue weighted by Gasteiger charge is -2.10. The third kappa shape index (κ3) is 3.97. The SMILES string of the molecule is CC1CCC(CCC(=O)Cc2ccccc2)O1. The molecule has 0 radical (unpaired) electrons. The summed E-state index contributed by atoms with van der Waals surface area (Å²) in [6, 6.07) is 9.94. The van der Waals surface area contributed by atoms with E-state index in [9.17, 15) is 4.79 Å². The largest absolute Gasteiger partial charge is 0.375 e. The van der Waals surface area contributed by atoms with Crippen LogP contribution in [-0.4, -0.2) is 18.0 Å². The van der Waals surface area contributed by atoms with Crippen LogP contribution in [0.5, 0.6) is 0 Å². The van der Waals surface area contributed by atoms with Crippen LogP contribution < -0.4 is 0 Å². The minimum atomic E-state index is 0.310. The molecule has 1 fully saturated rings. The molecule has 1 saturated heterocycles. The van der Waals surface area contributed by atoms with Crippen molar-refractivity contribution in [2.45, 2.75) is 51.2 Å². The minimum Gasteiger partial charge on any atom is -0.375 e. The molecule has 0 aromatic heterocycles. The van der Waals surface area contributed by atoms with Gasteiger partial charge >= 0.3 is 0 Å².